The van der Waals surface area contributed by atoms with Gasteiger partial charge in [-0.1, -0.05) is 0 Å². The highest BCUT2D eigenvalue weighted by atomic mass is 16.2. The number of ketones is 1. The molecule has 1 amide bonds. The molecule has 0 radical (unpaired) electrons. The monoisotopic (exact) mass is 186 g/mol. The van der Waals surface area contributed by atoms with Crippen molar-refractivity contribution in [2.75, 3.05) is 20.6 Å². The van der Waals surface area contributed by atoms with E-state index in [1.165, 1.54) is 6.92 Å². The van der Waals surface area contributed by atoms with Gasteiger partial charge in [0.05, 0.1) is 5.92 Å². The van der Waals surface area contributed by atoms with Crippen LogP contribution in [0.5, 0.6) is 0 Å². The van der Waals surface area contributed by atoms with Gasteiger partial charge in [-0.2, -0.15) is 0 Å². The molecule has 1 atom stereocenters. The average molecular weight is 186 g/mol. The molecule has 1 unspecified atom stereocenters. The Balaban J connectivity index is 3.84. The third kappa shape index (κ3) is 5.36. The van der Waals surface area contributed by atoms with Crippen molar-refractivity contribution in [3.05, 3.63) is 0 Å². The van der Waals surface area contributed by atoms with Gasteiger partial charge in [-0.15, -0.1) is 0 Å². The van der Waals surface area contributed by atoms with Crippen LogP contribution in [0, 0.1) is 5.92 Å². The number of rotatable bonds is 6. The quantitative estimate of drug-likeness (QED) is 0.595. The predicted octanol–water partition coefficient (Wildman–Crippen LogP) is 0.0187. The van der Waals surface area contributed by atoms with Gasteiger partial charge in [-0.05, 0) is 40.4 Å². The van der Waals surface area contributed by atoms with Crippen LogP contribution in [0.2, 0.25) is 0 Å². The predicted molar refractivity (Wildman–Crippen MR) is 51.2 cm³/mol. The molecule has 4 heteroatoms. The minimum absolute atomic E-state index is 0.133. The van der Waals surface area contributed by atoms with Crippen molar-refractivity contribution in [2.45, 2.75) is 19.8 Å². The van der Waals surface area contributed by atoms with Gasteiger partial charge in [0, 0.05) is 0 Å². The summed E-state index contributed by atoms with van der Waals surface area (Å²) in [5, 5.41) is 0. The molecule has 13 heavy (non-hydrogen) atoms. The van der Waals surface area contributed by atoms with Crippen molar-refractivity contribution >= 4 is 11.7 Å². The summed E-state index contributed by atoms with van der Waals surface area (Å²) in [6, 6.07) is 0. The number of nitrogens with two attached hydrogens (primary N) is 1. The summed E-state index contributed by atoms with van der Waals surface area (Å²) in [5.41, 5.74) is 5.08. The minimum atomic E-state index is -0.597. The second kappa shape index (κ2) is 5.70. The Morgan fingerprint density at radius 3 is 2.23 bits per heavy atom. The summed E-state index contributed by atoms with van der Waals surface area (Å²) in [7, 11) is 3.90. The molecule has 0 aromatic carbocycles. The van der Waals surface area contributed by atoms with Crippen molar-refractivity contribution in [3.63, 3.8) is 0 Å². The fraction of sp³-hybridized carbons (Fsp3) is 0.778. The summed E-state index contributed by atoms with van der Waals surface area (Å²) >= 11 is 0. The van der Waals surface area contributed by atoms with Gasteiger partial charge >= 0.3 is 0 Å². The number of hydrogen-bond donors (Lipinski definition) is 1. The molecule has 0 aliphatic rings. The number of nitrogens with zero attached hydrogens (tertiary/aromatic N) is 1. The van der Waals surface area contributed by atoms with Gasteiger partial charge in [0.2, 0.25) is 5.91 Å². The normalized spacial score (nSPS) is 12.9. The molecule has 0 aromatic heterocycles. The molecule has 0 bridgehead atoms. The van der Waals surface area contributed by atoms with Crippen molar-refractivity contribution in [2.24, 2.45) is 11.7 Å². The molecule has 0 aliphatic carbocycles. The summed E-state index contributed by atoms with van der Waals surface area (Å²) in [5.74, 6) is -1.24. The highest BCUT2D eigenvalue weighted by Gasteiger charge is 2.19. The minimum Gasteiger partial charge on any atom is -0.369 e. The lowest BCUT2D eigenvalue weighted by molar-refractivity contribution is -0.131. The Kier molecular flexibility index (Phi) is 5.30. The second-order valence-electron chi connectivity index (χ2n) is 3.51. The van der Waals surface area contributed by atoms with E-state index >= 15 is 0 Å². The molecule has 0 fully saturated rings. The van der Waals surface area contributed by atoms with Crippen LogP contribution in [-0.4, -0.2) is 37.2 Å². The topological polar surface area (TPSA) is 63.4 Å². The van der Waals surface area contributed by atoms with E-state index in [0.29, 0.717) is 6.42 Å². The molecule has 0 rings (SSSR count). The van der Waals surface area contributed by atoms with Crippen LogP contribution in [0.25, 0.3) is 0 Å². The zero-order valence-corrected chi connectivity index (χ0v) is 8.54. The van der Waals surface area contributed by atoms with Crippen molar-refractivity contribution in [1.82, 2.24) is 4.90 Å². The first-order valence-electron chi connectivity index (χ1n) is 4.39. The molecule has 76 valence electrons. The summed E-state index contributed by atoms with van der Waals surface area (Å²) in [6.07, 6.45) is 1.38. The van der Waals surface area contributed by atoms with Gasteiger partial charge in [0.25, 0.3) is 0 Å². The van der Waals surface area contributed by atoms with E-state index in [4.69, 9.17) is 5.73 Å². The van der Waals surface area contributed by atoms with E-state index in [1.54, 1.807) is 0 Å². The summed E-state index contributed by atoms with van der Waals surface area (Å²) in [6.45, 7) is 2.28. The molecule has 0 heterocycles. The molecule has 0 saturated carbocycles. The Bertz CT molecular complexity index is 176. The molecule has 0 spiro atoms. The largest absolute Gasteiger partial charge is 0.369 e. The number of carbonyl (C=O) groups excluding carboxylic acids is 2. The number of amides is 1. The van der Waals surface area contributed by atoms with Crippen LogP contribution in [0.1, 0.15) is 19.8 Å². The number of Topliss-reactive ketones (excluding diaryl/α,β-unsaturated/α-hetero) is 1. The van der Waals surface area contributed by atoms with E-state index in [0.717, 1.165) is 13.0 Å². The molecule has 0 saturated heterocycles. The lowest BCUT2D eigenvalue weighted by Gasteiger charge is -2.12. The SMILES string of the molecule is CC(=O)C(CCCN(C)C)C(N)=O. The number of primary amides is 1. The Labute approximate surface area is 79.1 Å². The lowest BCUT2D eigenvalue weighted by Crippen LogP contribution is -2.29. The van der Waals surface area contributed by atoms with Gasteiger partial charge in [-0.3, -0.25) is 9.59 Å². The van der Waals surface area contributed by atoms with E-state index in [2.05, 4.69) is 0 Å². The van der Waals surface area contributed by atoms with Crippen LogP contribution in [0.3, 0.4) is 0 Å². The van der Waals surface area contributed by atoms with Crippen LogP contribution >= 0.6 is 0 Å². The Hall–Kier alpha value is -0.900. The van der Waals surface area contributed by atoms with Gasteiger partial charge in [0.15, 0.2) is 0 Å². The Morgan fingerprint density at radius 2 is 1.92 bits per heavy atom. The zero-order chi connectivity index (χ0) is 10.4. The number of carbonyl (C=O) groups is 2. The zero-order valence-electron chi connectivity index (χ0n) is 8.54. The highest BCUT2D eigenvalue weighted by Crippen LogP contribution is 2.07. The first kappa shape index (κ1) is 12.1. The fourth-order valence-electron chi connectivity index (χ4n) is 1.16. The first-order chi connectivity index (χ1) is 5.95. The molecular formula is C9H18N2O2. The maximum Gasteiger partial charge on any atom is 0.227 e. The van der Waals surface area contributed by atoms with E-state index < -0.39 is 11.8 Å². The highest BCUT2D eigenvalue weighted by molar-refractivity contribution is 5.99. The summed E-state index contributed by atoms with van der Waals surface area (Å²) in [4.78, 5) is 23.8. The maximum atomic E-state index is 10.9. The lowest BCUT2D eigenvalue weighted by atomic mass is 9.98. The van der Waals surface area contributed by atoms with Gasteiger partial charge < -0.3 is 10.6 Å². The first-order valence-corrected chi connectivity index (χ1v) is 4.39. The van der Waals surface area contributed by atoms with E-state index in [-0.39, 0.29) is 5.78 Å². The maximum absolute atomic E-state index is 10.9. The van der Waals surface area contributed by atoms with Crippen molar-refractivity contribution in [1.29, 1.82) is 0 Å². The second-order valence-corrected chi connectivity index (χ2v) is 3.51. The molecule has 0 aromatic rings. The third-order valence-electron chi connectivity index (χ3n) is 1.93. The smallest absolute Gasteiger partial charge is 0.227 e. The fourth-order valence-corrected chi connectivity index (χ4v) is 1.16. The number of hydrogen-bond acceptors (Lipinski definition) is 3. The van der Waals surface area contributed by atoms with Crippen molar-refractivity contribution < 1.29 is 9.59 Å². The molecular weight excluding hydrogens is 168 g/mol. The van der Waals surface area contributed by atoms with Gasteiger partial charge in [0.1, 0.15) is 5.78 Å². The van der Waals surface area contributed by atoms with Crippen LogP contribution in [0.15, 0.2) is 0 Å². The van der Waals surface area contributed by atoms with Crippen LogP contribution in [0.4, 0.5) is 0 Å². The third-order valence-corrected chi connectivity index (χ3v) is 1.93. The van der Waals surface area contributed by atoms with Crippen LogP contribution < -0.4 is 5.73 Å². The standard InChI is InChI=1S/C9H18N2O2/c1-7(12)8(9(10)13)5-4-6-11(2)3/h8H,4-6H2,1-3H3,(H2,10,13). The van der Waals surface area contributed by atoms with Crippen molar-refractivity contribution in [3.8, 4) is 0 Å². The van der Waals surface area contributed by atoms with E-state index in [9.17, 15) is 9.59 Å². The average Bonchev–Trinajstić information content (AvgIpc) is 1.95. The molecule has 4 nitrogen and oxygen atoms in total. The van der Waals surface area contributed by atoms with Gasteiger partial charge in [-0.25, -0.2) is 0 Å². The molecule has 2 N–H and O–H groups in total. The van der Waals surface area contributed by atoms with E-state index in [1.807, 2.05) is 19.0 Å². The molecule has 0 aliphatic heterocycles. The Morgan fingerprint density at radius 1 is 1.38 bits per heavy atom. The summed E-state index contributed by atoms with van der Waals surface area (Å²) < 4.78 is 0. The van der Waals surface area contributed by atoms with Crippen LogP contribution in [-0.2, 0) is 9.59 Å².